The topological polar surface area (TPSA) is 49.4 Å². The summed E-state index contributed by atoms with van der Waals surface area (Å²) in [5.41, 5.74) is 1.38. The van der Waals surface area contributed by atoms with Gasteiger partial charge in [-0.1, -0.05) is 23.7 Å². The Hall–Kier alpha value is -1.81. The van der Waals surface area contributed by atoms with Crippen molar-refractivity contribution in [2.75, 3.05) is 4.90 Å². The summed E-state index contributed by atoms with van der Waals surface area (Å²) in [6.07, 6.45) is 2.02. The van der Waals surface area contributed by atoms with Crippen molar-refractivity contribution in [3.8, 4) is 0 Å². The number of nitrogens with one attached hydrogen (secondary N) is 1. The van der Waals surface area contributed by atoms with Crippen LogP contribution in [0.4, 0.5) is 10.5 Å². The van der Waals surface area contributed by atoms with Gasteiger partial charge < -0.3 is 5.32 Å². The first-order chi connectivity index (χ1) is 8.54. The highest BCUT2D eigenvalue weighted by atomic mass is 35.5. The van der Waals surface area contributed by atoms with Gasteiger partial charge >= 0.3 is 6.03 Å². The molecule has 1 fully saturated rings. The predicted molar refractivity (Wildman–Crippen MR) is 70.8 cm³/mol. The Kier molecular flexibility index (Phi) is 3.39. The van der Waals surface area contributed by atoms with E-state index in [1.807, 2.05) is 6.92 Å². The van der Waals surface area contributed by atoms with Crippen molar-refractivity contribution >= 4 is 29.2 Å². The molecule has 1 aliphatic heterocycles. The van der Waals surface area contributed by atoms with Gasteiger partial charge in [0.2, 0.25) is 0 Å². The fourth-order valence-electron chi connectivity index (χ4n) is 1.82. The Labute approximate surface area is 110 Å². The van der Waals surface area contributed by atoms with Crippen LogP contribution in [0.5, 0.6) is 0 Å². The smallest absolute Gasteiger partial charge is 0.325 e. The number of halogens is 1. The molecule has 0 aliphatic carbocycles. The maximum absolute atomic E-state index is 12.1. The van der Waals surface area contributed by atoms with E-state index in [0.29, 0.717) is 17.1 Å². The van der Waals surface area contributed by atoms with Crippen LogP contribution < -0.4 is 10.2 Å². The number of rotatable bonds is 3. The molecule has 3 amide bonds. The molecule has 0 spiro atoms. The third kappa shape index (κ3) is 2.11. The van der Waals surface area contributed by atoms with Crippen molar-refractivity contribution < 1.29 is 9.59 Å². The summed E-state index contributed by atoms with van der Waals surface area (Å²) in [7, 11) is 0. The zero-order valence-corrected chi connectivity index (χ0v) is 10.7. The van der Waals surface area contributed by atoms with Gasteiger partial charge in [-0.05, 0) is 31.0 Å². The molecule has 0 radical (unpaired) electrons. The Morgan fingerprint density at radius 3 is 2.83 bits per heavy atom. The van der Waals surface area contributed by atoms with E-state index in [4.69, 9.17) is 11.6 Å². The molecule has 1 heterocycles. The number of hydrogen-bond donors (Lipinski definition) is 1. The second-order valence-electron chi connectivity index (χ2n) is 4.13. The summed E-state index contributed by atoms with van der Waals surface area (Å²) in [5.74, 6) is -0.278. The van der Waals surface area contributed by atoms with Gasteiger partial charge in [0, 0.05) is 5.02 Å². The lowest BCUT2D eigenvalue weighted by Gasteiger charge is -2.13. The molecule has 4 nitrogen and oxygen atoms in total. The molecule has 0 saturated carbocycles. The van der Waals surface area contributed by atoms with Gasteiger partial charge in [0.25, 0.3) is 5.91 Å². The fraction of sp³-hybridized carbons (Fsp3) is 0.231. The molecule has 2 rings (SSSR count). The van der Waals surface area contributed by atoms with Gasteiger partial charge in [-0.15, -0.1) is 6.58 Å². The van der Waals surface area contributed by atoms with Gasteiger partial charge in [-0.2, -0.15) is 0 Å². The first-order valence-corrected chi connectivity index (χ1v) is 5.94. The Morgan fingerprint density at radius 2 is 2.22 bits per heavy atom. The number of hydrogen-bond acceptors (Lipinski definition) is 2. The molecule has 94 valence electrons. The molecule has 5 heteroatoms. The second kappa shape index (κ2) is 4.82. The monoisotopic (exact) mass is 264 g/mol. The first kappa shape index (κ1) is 12.6. The van der Waals surface area contributed by atoms with Crippen molar-refractivity contribution in [3.05, 3.63) is 41.4 Å². The molecule has 1 aromatic rings. The lowest BCUT2D eigenvalue weighted by molar-refractivity contribution is -0.118. The lowest BCUT2D eigenvalue weighted by Crippen LogP contribution is -2.31. The zero-order valence-electron chi connectivity index (χ0n) is 9.94. The molecule has 1 atom stereocenters. The number of nitrogens with zero attached hydrogens (tertiary/aromatic N) is 1. The number of amides is 3. The SMILES string of the molecule is C=CCC1NC(=O)N(c2ccc(C)c(Cl)c2)C1=O. The van der Waals surface area contributed by atoms with E-state index >= 15 is 0 Å². The minimum absolute atomic E-state index is 0.278. The van der Waals surface area contributed by atoms with Gasteiger partial charge in [0.15, 0.2) is 0 Å². The maximum atomic E-state index is 12.1. The van der Waals surface area contributed by atoms with Crippen molar-refractivity contribution in [1.82, 2.24) is 5.32 Å². The number of imide groups is 1. The van der Waals surface area contributed by atoms with Crippen LogP contribution in [0.1, 0.15) is 12.0 Å². The fourth-order valence-corrected chi connectivity index (χ4v) is 2.00. The quantitative estimate of drug-likeness (QED) is 0.674. The molecule has 1 N–H and O–H groups in total. The third-order valence-corrected chi connectivity index (χ3v) is 3.24. The van der Waals surface area contributed by atoms with Crippen LogP contribution in [0.15, 0.2) is 30.9 Å². The van der Waals surface area contributed by atoms with E-state index in [1.165, 1.54) is 0 Å². The van der Waals surface area contributed by atoms with Crippen LogP contribution in [-0.2, 0) is 4.79 Å². The number of anilines is 1. The van der Waals surface area contributed by atoms with Crippen LogP contribution in [0.2, 0.25) is 5.02 Å². The largest absolute Gasteiger partial charge is 0.329 e. The highest BCUT2D eigenvalue weighted by Crippen LogP contribution is 2.26. The summed E-state index contributed by atoms with van der Waals surface area (Å²) in [6.45, 7) is 5.42. The van der Waals surface area contributed by atoms with Gasteiger partial charge in [0.1, 0.15) is 6.04 Å². The Morgan fingerprint density at radius 1 is 1.50 bits per heavy atom. The highest BCUT2D eigenvalue weighted by molar-refractivity contribution is 6.32. The van der Waals surface area contributed by atoms with Crippen LogP contribution >= 0.6 is 11.6 Å². The minimum atomic E-state index is -0.532. The summed E-state index contributed by atoms with van der Waals surface area (Å²) >= 11 is 6.00. The molecule has 1 unspecified atom stereocenters. The molecule has 1 saturated heterocycles. The molecular formula is C13H13ClN2O2. The molecule has 0 bridgehead atoms. The standard InChI is InChI=1S/C13H13ClN2O2/c1-3-4-11-12(17)16(13(18)15-11)9-6-5-8(2)10(14)7-9/h3,5-7,11H,1,4H2,2H3,(H,15,18). The second-order valence-corrected chi connectivity index (χ2v) is 4.54. The lowest BCUT2D eigenvalue weighted by atomic mass is 10.2. The maximum Gasteiger partial charge on any atom is 0.329 e. The summed E-state index contributed by atoms with van der Waals surface area (Å²) in [5, 5.41) is 3.14. The number of carbonyl (C=O) groups excluding carboxylic acids is 2. The van der Waals surface area contributed by atoms with E-state index in [9.17, 15) is 9.59 Å². The number of benzene rings is 1. The third-order valence-electron chi connectivity index (χ3n) is 2.84. The molecular weight excluding hydrogens is 252 g/mol. The van der Waals surface area contributed by atoms with E-state index in [2.05, 4.69) is 11.9 Å². The van der Waals surface area contributed by atoms with Crippen LogP contribution in [0.3, 0.4) is 0 Å². The van der Waals surface area contributed by atoms with Gasteiger partial charge in [-0.3, -0.25) is 4.79 Å². The molecule has 1 aromatic carbocycles. The average molecular weight is 265 g/mol. The van der Waals surface area contributed by atoms with Crippen LogP contribution in [0, 0.1) is 6.92 Å². The first-order valence-electron chi connectivity index (χ1n) is 5.56. The van der Waals surface area contributed by atoms with E-state index in [-0.39, 0.29) is 5.91 Å². The van der Waals surface area contributed by atoms with Gasteiger partial charge in [-0.25, -0.2) is 9.69 Å². The van der Waals surface area contributed by atoms with Crippen molar-refractivity contribution in [2.45, 2.75) is 19.4 Å². The number of aryl methyl sites for hydroxylation is 1. The van der Waals surface area contributed by atoms with E-state index in [1.54, 1.807) is 24.3 Å². The highest BCUT2D eigenvalue weighted by Gasteiger charge is 2.38. The zero-order chi connectivity index (χ0) is 13.3. The van der Waals surface area contributed by atoms with E-state index in [0.717, 1.165) is 10.5 Å². The molecule has 0 aromatic heterocycles. The average Bonchev–Trinajstić information content (AvgIpc) is 2.59. The Balaban J connectivity index is 2.32. The normalized spacial score (nSPS) is 19.0. The molecule has 18 heavy (non-hydrogen) atoms. The van der Waals surface area contributed by atoms with Crippen molar-refractivity contribution in [2.24, 2.45) is 0 Å². The van der Waals surface area contributed by atoms with Crippen molar-refractivity contribution in [3.63, 3.8) is 0 Å². The summed E-state index contributed by atoms with van der Waals surface area (Å²) in [6, 6.07) is 4.14. The summed E-state index contributed by atoms with van der Waals surface area (Å²) in [4.78, 5) is 24.9. The van der Waals surface area contributed by atoms with Crippen LogP contribution in [0.25, 0.3) is 0 Å². The summed E-state index contributed by atoms with van der Waals surface area (Å²) < 4.78 is 0. The minimum Gasteiger partial charge on any atom is -0.325 e. The molecule has 1 aliphatic rings. The van der Waals surface area contributed by atoms with Crippen molar-refractivity contribution in [1.29, 1.82) is 0 Å². The number of carbonyl (C=O) groups is 2. The van der Waals surface area contributed by atoms with Crippen LogP contribution in [-0.4, -0.2) is 18.0 Å². The van der Waals surface area contributed by atoms with E-state index < -0.39 is 12.1 Å². The Bertz CT molecular complexity index is 528. The van der Waals surface area contributed by atoms with Gasteiger partial charge in [0.05, 0.1) is 5.69 Å². The predicted octanol–water partition coefficient (Wildman–Crippen LogP) is 2.65. The number of urea groups is 1.